The lowest BCUT2D eigenvalue weighted by molar-refractivity contribution is -0.148. The third-order valence-electron chi connectivity index (χ3n) is 3.93. The quantitative estimate of drug-likeness (QED) is 0.902. The Hall–Kier alpha value is -1.62. The minimum absolute atomic E-state index is 0.131. The number of carbonyl (C=O) groups is 2. The Kier molecular flexibility index (Phi) is 3.99. The summed E-state index contributed by atoms with van der Waals surface area (Å²) in [5.74, 6) is -2.28. The van der Waals surface area contributed by atoms with E-state index in [-0.39, 0.29) is 10.6 Å². The second-order valence-corrected chi connectivity index (χ2v) is 5.70. The Morgan fingerprint density at radius 2 is 2.20 bits per heavy atom. The van der Waals surface area contributed by atoms with Gasteiger partial charge in [0, 0.05) is 11.1 Å². The normalized spacial score (nSPS) is 25.4. The molecule has 108 valence electrons. The molecule has 0 heterocycles. The number of nitrogens with one attached hydrogen (secondary N) is 1. The molecule has 1 aromatic rings. The van der Waals surface area contributed by atoms with Gasteiger partial charge in [0.15, 0.2) is 0 Å². The zero-order valence-electron chi connectivity index (χ0n) is 11.0. The number of carboxylic acids is 1. The molecule has 1 aliphatic rings. The van der Waals surface area contributed by atoms with Gasteiger partial charge in [-0.25, -0.2) is 4.39 Å². The topological polar surface area (TPSA) is 66.4 Å². The van der Waals surface area contributed by atoms with Crippen LogP contribution >= 0.6 is 11.6 Å². The first-order valence-electron chi connectivity index (χ1n) is 6.34. The summed E-state index contributed by atoms with van der Waals surface area (Å²) in [7, 11) is 0. The number of amides is 1. The smallest absolute Gasteiger partial charge is 0.311 e. The average molecular weight is 300 g/mol. The van der Waals surface area contributed by atoms with E-state index >= 15 is 0 Å². The number of rotatable bonds is 3. The van der Waals surface area contributed by atoms with Gasteiger partial charge in [-0.05, 0) is 38.0 Å². The van der Waals surface area contributed by atoms with Crippen LogP contribution in [0.25, 0.3) is 0 Å². The average Bonchev–Trinajstić information content (AvgIpc) is 2.72. The van der Waals surface area contributed by atoms with Crippen LogP contribution in [0.1, 0.15) is 36.5 Å². The van der Waals surface area contributed by atoms with Crippen molar-refractivity contribution >= 4 is 23.5 Å². The molecule has 0 spiro atoms. The van der Waals surface area contributed by atoms with E-state index in [0.717, 1.165) is 12.5 Å². The van der Waals surface area contributed by atoms with E-state index in [1.807, 2.05) is 0 Å². The summed E-state index contributed by atoms with van der Waals surface area (Å²) >= 11 is 5.63. The molecule has 1 aliphatic carbocycles. The number of benzene rings is 1. The number of halogens is 2. The molecule has 0 aromatic heterocycles. The lowest BCUT2D eigenvalue weighted by Crippen LogP contribution is -2.47. The maximum Gasteiger partial charge on any atom is 0.311 e. The van der Waals surface area contributed by atoms with Crippen molar-refractivity contribution in [1.29, 1.82) is 0 Å². The largest absolute Gasteiger partial charge is 0.481 e. The van der Waals surface area contributed by atoms with Crippen molar-refractivity contribution in [3.63, 3.8) is 0 Å². The van der Waals surface area contributed by atoms with Crippen molar-refractivity contribution in [1.82, 2.24) is 5.32 Å². The Bertz CT molecular complexity index is 563. The standard InChI is InChI=1S/C14H15ClFNO3/c1-14(13(19)20)6-2-3-11(14)17-12(18)9-5-4-8(15)7-10(9)16/h4-5,7,11H,2-3,6H2,1H3,(H,17,18)(H,19,20). The molecule has 2 unspecified atom stereocenters. The summed E-state index contributed by atoms with van der Waals surface area (Å²) in [5, 5.41) is 12.1. The van der Waals surface area contributed by atoms with E-state index < -0.39 is 29.2 Å². The van der Waals surface area contributed by atoms with Gasteiger partial charge in [-0.15, -0.1) is 0 Å². The van der Waals surface area contributed by atoms with Crippen LogP contribution in [-0.4, -0.2) is 23.0 Å². The predicted molar refractivity (Wildman–Crippen MR) is 72.3 cm³/mol. The lowest BCUT2D eigenvalue weighted by Gasteiger charge is -2.27. The van der Waals surface area contributed by atoms with Gasteiger partial charge in [0.1, 0.15) is 5.82 Å². The Labute approximate surface area is 120 Å². The van der Waals surface area contributed by atoms with Gasteiger partial charge in [-0.3, -0.25) is 9.59 Å². The van der Waals surface area contributed by atoms with Crippen molar-refractivity contribution in [3.8, 4) is 0 Å². The van der Waals surface area contributed by atoms with Crippen LogP contribution in [0.3, 0.4) is 0 Å². The van der Waals surface area contributed by atoms with Crippen molar-refractivity contribution in [3.05, 3.63) is 34.6 Å². The molecule has 2 atom stereocenters. The SMILES string of the molecule is CC1(C(=O)O)CCCC1NC(=O)c1ccc(Cl)cc1F. The van der Waals surface area contributed by atoms with Crippen LogP contribution in [0.5, 0.6) is 0 Å². The van der Waals surface area contributed by atoms with Gasteiger partial charge in [0.25, 0.3) is 5.91 Å². The molecule has 0 aliphatic heterocycles. The van der Waals surface area contributed by atoms with E-state index in [1.54, 1.807) is 6.92 Å². The fraction of sp³-hybridized carbons (Fsp3) is 0.429. The highest BCUT2D eigenvalue weighted by Crippen LogP contribution is 2.38. The van der Waals surface area contributed by atoms with E-state index in [2.05, 4.69) is 5.32 Å². The number of hydrogen-bond donors (Lipinski definition) is 2. The Morgan fingerprint density at radius 1 is 1.50 bits per heavy atom. The minimum atomic E-state index is -1.00. The molecule has 0 saturated heterocycles. The summed E-state index contributed by atoms with van der Waals surface area (Å²) in [4.78, 5) is 23.4. The summed E-state index contributed by atoms with van der Waals surface area (Å²) in [6, 6.07) is 3.27. The zero-order chi connectivity index (χ0) is 14.9. The van der Waals surface area contributed by atoms with Gasteiger partial charge < -0.3 is 10.4 Å². The molecule has 4 nitrogen and oxygen atoms in total. The van der Waals surface area contributed by atoms with Crippen molar-refractivity contribution < 1.29 is 19.1 Å². The molecular formula is C14H15ClFNO3. The van der Waals surface area contributed by atoms with Gasteiger partial charge in [0.05, 0.1) is 11.0 Å². The molecule has 1 amide bonds. The summed E-state index contributed by atoms with van der Waals surface area (Å²) < 4.78 is 13.7. The minimum Gasteiger partial charge on any atom is -0.481 e. The van der Waals surface area contributed by atoms with Crippen LogP contribution in [0.15, 0.2) is 18.2 Å². The van der Waals surface area contributed by atoms with E-state index in [1.165, 1.54) is 12.1 Å². The van der Waals surface area contributed by atoms with Gasteiger partial charge in [0.2, 0.25) is 0 Å². The number of carbonyl (C=O) groups excluding carboxylic acids is 1. The highest BCUT2D eigenvalue weighted by Gasteiger charge is 2.46. The molecule has 1 aromatic carbocycles. The predicted octanol–water partition coefficient (Wildman–Crippen LogP) is 2.85. The van der Waals surface area contributed by atoms with E-state index in [4.69, 9.17) is 11.6 Å². The van der Waals surface area contributed by atoms with Crippen molar-refractivity contribution in [2.75, 3.05) is 0 Å². The first kappa shape index (κ1) is 14.8. The van der Waals surface area contributed by atoms with Gasteiger partial charge in [-0.1, -0.05) is 18.0 Å². The number of aliphatic carboxylic acids is 1. The van der Waals surface area contributed by atoms with Gasteiger partial charge in [-0.2, -0.15) is 0 Å². The fourth-order valence-corrected chi connectivity index (χ4v) is 2.72. The molecule has 20 heavy (non-hydrogen) atoms. The monoisotopic (exact) mass is 299 g/mol. The maximum absolute atomic E-state index is 13.7. The summed E-state index contributed by atoms with van der Waals surface area (Å²) in [6.45, 7) is 1.60. The second-order valence-electron chi connectivity index (χ2n) is 5.27. The molecule has 2 N–H and O–H groups in total. The highest BCUT2D eigenvalue weighted by atomic mass is 35.5. The molecule has 6 heteroatoms. The van der Waals surface area contributed by atoms with Crippen LogP contribution in [0.4, 0.5) is 4.39 Å². The fourth-order valence-electron chi connectivity index (χ4n) is 2.56. The Morgan fingerprint density at radius 3 is 2.80 bits per heavy atom. The van der Waals surface area contributed by atoms with Crippen molar-refractivity contribution in [2.24, 2.45) is 5.41 Å². The summed E-state index contributed by atoms with van der Waals surface area (Å²) in [6.07, 6.45) is 1.79. The number of hydrogen-bond acceptors (Lipinski definition) is 2. The van der Waals surface area contributed by atoms with Crippen LogP contribution in [0.2, 0.25) is 5.02 Å². The van der Waals surface area contributed by atoms with Gasteiger partial charge >= 0.3 is 5.97 Å². The van der Waals surface area contributed by atoms with Crippen LogP contribution in [0, 0.1) is 11.2 Å². The molecule has 0 bridgehead atoms. The first-order chi connectivity index (χ1) is 9.34. The third kappa shape index (κ3) is 2.63. The zero-order valence-corrected chi connectivity index (χ0v) is 11.7. The van der Waals surface area contributed by atoms with E-state index in [9.17, 15) is 19.1 Å². The third-order valence-corrected chi connectivity index (χ3v) is 4.16. The molecule has 1 fully saturated rings. The molecular weight excluding hydrogens is 285 g/mol. The van der Waals surface area contributed by atoms with Crippen LogP contribution < -0.4 is 5.32 Å². The number of carboxylic acid groups (broad SMARTS) is 1. The first-order valence-corrected chi connectivity index (χ1v) is 6.71. The molecule has 0 radical (unpaired) electrons. The Balaban J connectivity index is 2.17. The molecule has 1 saturated carbocycles. The lowest BCUT2D eigenvalue weighted by atomic mass is 9.85. The van der Waals surface area contributed by atoms with Crippen molar-refractivity contribution in [2.45, 2.75) is 32.2 Å². The molecule has 2 rings (SSSR count). The van der Waals surface area contributed by atoms with E-state index in [0.29, 0.717) is 12.8 Å². The second kappa shape index (κ2) is 5.40. The summed E-state index contributed by atoms with van der Waals surface area (Å²) in [5.41, 5.74) is -1.13. The maximum atomic E-state index is 13.7. The van der Waals surface area contributed by atoms with Crippen LogP contribution in [-0.2, 0) is 4.79 Å². The highest BCUT2D eigenvalue weighted by molar-refractivity contribution is 6.30.